The maximum atomic E-state index is 5.76. The molecular weight excluding hydrogens is 222 g/mol. The quantitative estimate of drug-likeness (QED) is 0.783. The third kappa shape index (κ3) is 4.07. The number of hydrogen-bond acceptors (Lipinski definition) is 6. The normalized spacial score (nSPS) is 17.5. The largest absolute Gasteiger partial charge is 0.378 e. The van der Waals surface area contributed by atoms with Gasteiger partial charge in [0, 0.05) is 7.11 Å². The molecule has 0 amide bonds. The first-order valence-electron chi connectivity index (χ1n) is 6.01. The Morgan fingerprint density at radius 1 is 1.41 bits per heavy atom. The summed E-state index contributed by atoms with van der Waals surface area (Å²) < 4.78 is 15.7. The lowest BCUT2D eigenvalue weighted by atomic mass is 10.1. The first-order valence-corrected chi connectivity index (χ1v) is 6.01. The van der Waals surface area contributed by atoms with Gasteiger partial charge in [0.1, 0.15) is 6.61 Å². The summed E-state index contributed by atoms with van der Waals surface area (Å²) in [4.78, 5) is 4.19. The van der Waals surface area contributed by atoms with Gasteiger partial charge < -0.3 is 19.3 Å². The molecule has 0 atom stereocenters. The molecule has 2 heterocycles. The SMILES string of the molecule is COCc1noc(CCOC2CCNCC2)n1. The summed E-state index contributed by atoms with van der Waals surface area (Å²) >= 11 is 0. The van der Waals surface area contributed by atoms with Crippen molar-refractivity contribution in [1.82, 2.24) is 15.5 Å². The van der Waals surface area contributed by atoms with Crippen molar-refractivity contribution < 1.29 is 14.0 Å². The van der Waals surface area contributed by atoms with Gasteiger partial charge in [-0.25, -0.2) is 0 Å². The van der Waals surface area contributed by atoms with Gasteiger partial charge in [0.25, 0.3) is 0 Å². The molecule has 0 aromatic carbocycles. The molecule has 1 N–H and O–H groups in total. The summed E-state index contributed by atoms with van der Waals surface area (Å²) in [6, 6.07) is 0. The standard InChI is InChI=1S/C11H19N3O3/c1-15-8-10-13-11(17-14-10)4-7-16-9-2-5-12-6-3-9/h9,12H,2-8H2,1H3. The van der Waals surface area contributed by atoms with Crippen molar-refractivity contribution in [3.8, 4) is 0 Å². The Balaban J connectivity index is 1.66. The number of piperidine rings is 1. The van der Waals surface area contributed by atoms with Crippen LogP contribution in [0.3, 0.4) is 0 Å². The van der Waals surface area contributed by atoms with E-state index in [4.69, 9.17) is 14.0 Å². The number of hydrogen-bond donors (Lipinski definition) is 1. The van der Waals surface area contributed by atoms with Crippen molar-refractivity contribution in [2.45, 2.75) is 32.0 Å². The Labute approximate surface area is 101 Å². The van der Waals surface area contributed by atoms with Gasteiger partial charge in [-0.2, -0.15) is 4.98 Å². The number of methoxy groups -OCH3 is 1. The summed E-state index contributed by atoms with van der Waals surface area (Å²) in [5.41, 5.74) is 0. The van der Waals surface area contributed by atoms with Gasteiger partial charge in [-0.3, -0.25) is 0 Å². The second-order valence-electron chi connectivity index (χ2n) is 4.11. The topological polar surface area (TPSA) is 69.4 Å². The number of nitrogens with one attached hydrogen (secondary N) is 1. The van der Waals surface area contributed by atoms with E-state index in [-0.39, 0.29) is 0 Å². The second-order valence-corrected chi connectivity index (χ2v) is 4.11. The smallest absolute Gasteiger partial charge is 0.229 e. The molecule has 1 fully saturated rings. The first kappa shape index (κ1) is 12.5. The molecule has 1 aromatic heterocycles. The minimum absolute atomic E-state index is 0.373. The van der Waals surface area contributed by atoms with Gasteiger partial charge in [-0.05, 0) is 25.9 Å². The van der Waals surface area contributed by atoms with Gasteiger partial charge in [0.2, 0.25) is 5.89 Å². The van der Waals surface area contributed by atoms with E-state index in [1.165, 1.54) is 0 Å². The van der Waals surface area contributed by atoms with Crippen molar-refractivity contribution in [3.63, 3.8) is 0 Å². The predicted molar refractivity (Wildman–Crippen MR) is 60.6 cm³/mol. The molecule has 0 radical (unpaired) electrons. The molecule has 0 unspecified atom stereocenters. The van der Waals surface area contributed by atoms with Crippen molar-refractivity contribution >= 4 is 0 Å². The lowest BCUT2D eigenvalue weighted by Gasteiger charge is -2.22. The summed E-state index contributed by atoms with van der Waals surface area (Å²) in [7, 11) is 1.61. The van der Waals surface area contributed by atoms with E-state index < -0.39 is 0 Å². The van der Waals surface area contributed by atoms with Crippen molar-refractivity contribution in [2.24, 2.45) is 0 Å². The molecule has 0 spiro atoms. The Hall–Kier alpha value is -0.980. The summed E-state index contributed by atoms with van der Waals surface area (Å²) in [5, 5.41) is 7.10. The Morgan fingerprint density at radius 2 is 2.24 bits per heavy atom. The van der Waals surface area contributed by atoms with Crippen LogP contribution in [-0.4, -0.2) is 43.1 Å². The Morgan fingerprint density at radius 3 is 3.00 bits per heavy atom. The fourth-order valence-electron chi connectivity index (χ4n) is 1.85. The van der Waals surface area contributed by atoms with Gasteiger partial charge >= 0.3 is 0 Å². The molecule has 96 valence electrons. The molecular formula is C11H19N3O3. The van der Waals surface area contributed by atoms with E-state index in [1.807, 2.05) is 0 Å². The van der Waals surface area contributed by atoms with E-state index in [1.54, 1.807) is 7.11 Å². The van der Waals surface area contributed by atoms with Crippen LogP contribution >= 0.6 is 0 Å². The van der Waals surface area contributed by atoms with Crippen LogP contribution in [0.15, 0.2) is 4.52 Å². The molecule has 6 nitrogen and oxygen atoms in total. The van der Waals surface area contributed by atoms with E-state index in [0.717, 1.165) is 25.9 Å². The van der Waals surface area contributed by atoms with Crippen LogP contribution in [0.4, 0.5) is 0 Å². The highest BCUT2D eigenvalue weighted by molar-refractivity contribution is 4.84. The lowest BCUT2D eigenvalue weighted by Crippen LogP contribution is -2.32. The highest BCUT2D eigenvalue weighted by Gasteiger charge is 2.13. The molecule has 0 bridgehead atoms. The molecule has 1 aromatic rings. The first-order chi connectivity index (χ1) is 8.38. The van der Waals surface area contributed by atoms with Crippen molar-refractivity contribution in [3.05, 3.63) is 11.7 Å². The van der Waals surface area contributed by atoms with Gasteiger partial charge in [-0.15, -0.1) is 0 Å². The fourth-order valence-corrected chi connectivity index (χ4v) is 1.85. The predicted octanol–water partition coefficient (Wildman–Crippen LogP) is 0.527. The monoisotopic (exact) mass is 241 g/mol. The number of aromatic nitrogens is 2. The number of ether oxygens (including phenoxy) is 2. The van der Waals surface area contributed by atoms with E-state index >= 15 is 0 Å². The minimum atomic E-state index is 0.373. The van der Waals surface area contributed by atoms with Gasteiger partial charge in [0.05, 0.1) is 19.1 Å². The Kier molecular flexibility index (Phi) is 4.90. The fraction of sp³-hybridized carbons (Fsp3) is 0.818. The number of rotatable bonds is 6. The zero-order chi connectivity index (χ0) is 11.9. The molecule has 2 rings (SSSR count). The summed E-state index contributed by atoms with van der Waals surface area (Å²) in [6.07, 6.45) is 3.20. The van der Waals surface area contributed by atoms with Crippen LogP contribution < -0.4 is 5.32 Å². The maximum absolute atomic E-state index is 5.76. The average Bonchev–Trinajstić information content (AvgIpc) is 2.79. The minimum Gasteiger partial charge on any atom is -0.378 e. The summed E-state index contributed by atoms with van der Waals surface area (Å²) in [6.45, 7) is 3.12. The lowest BCUT2D eigenvalue weighted by molar-refractivity contribution is 0.0322. The summed E-state index contributed by atoms with van der Waals surface area (Å²) in [5.74, 6) is 1.20. The molecule has 1 saturated heterocycles. The zero-order valence-corrected chi connectivity index (χ0v) is 10.1. The highest BCUT2D eigenvalue weighted by atomic mass is 16.5. The van der Waals surface area contributed by atoms with Gasteiger partial charge in [-0.1, -0.05) is 5.16 Å². The third-order valence-electron chi connectivity index (χ3n) is 2.74. The molecule has 0 aliphatic carbocycles. The molecule has 1 aliphatic rings. The van der Waals surface area contributed by atoms with Crippen LogP contribution in [0.1, 0.15) is 24.6 Å². The van der Waals surface area contributed by atoms with Crippen LogP contribution in [0.25, 0.3) is 0 Å². The number of nitrogens with zero attached hydrogens (tertiary/aromatic N) is 2. The van der Waals surface area contributed by atoms with E-state index in [0.29, 0.717) is 37.5 Å². The van der Waals surface area contributed by atoms with Crippen molar-refractivity contribution in [1.29, 1.82) is 0 Å². The molecule has 1 aliphatic heterocycles. The molecule has 0 saturated carbocycles. The van der Waals surface area contributed by atoms with E-state index in [2.05, 4.69) is 15.5 Å². The van der Waals surface area contributed by atoms with Crippen LogP contribution in [0.5, 0.6) is 0 Å². The van der Waals surface area contributed by atoms with E-state index in [9.17, 15) is 0 Å². The zero-order valence-electron chi connectivity index (χ0n) is 10.1. The molecule has 6 heteroatoms. The third-order valence-corrected chi connectivity index (χ3v) is 2.74. The van der Waals surface area contributed by atoms with Gasteiger partial charge in [0.15, 0.2) is 5.82 Å². The van der Waals surface area contributed by atoms with Crippen LogP contribution in [0, 0.1) is 0 Å². The molecule has 17 heavy (non-hydrogen) atoms. The highest BCUT2D eigenvalue weighted by Crippen LogP contribution is 2.08. The van der Waals surface area contributed by atoms with Crippen LogP contribution in [0.2, 0.25) is 0 Å². The van der Waals surface area contributed by atoms with Crippen molar-refractivity contribution in [2.75, 3.05) is 26.8 Å². The maximum Gasteiger partial charge on any atom is 0.229 e. The average molecular weight is 241 g/mol. The Bertz CT molecular complexity index is 324. The second kappa shape index (κ2) is 6.68. The van der Waals surface area contributed by atoms with Crippen LogP contribution in [-0.2, 0) is 22.5 Å².